The summed E-state index contributed by atoms with van der Waals surface area (Å²) in [4.78, 5) is 15.1. The highest BCUT2D eigenvalue weighted by Gasteiger charge is 2.30. The number of rotatable bonds is 2. The van der Waals surface area contributed by atoms with Crippen molar-refractivity contribution in [3.8, 4) is 0 Å². The lowest BCUT2D eigenvalue weighted by atomic mass is 9.90. The molecular formula is C23H20F3N3O2. The Morgan fingerprint density at radius 2 is 1.77 bits per heavy atom. The lowest BCUT2D eigenvalue weighted by Crippen LogP contribution is -2.34. The molecule has 1 aromatic heterocycles. The van der Waals surface area contributed by atoms with Crippen molar-refractivity contribution in [1.82, 2.24) is 0 Å². The van der Waals surface area contributed by atoms with E-state index in [9.17, 15) is 18.0 Å². The number of benzene rings is 2. The zero-order chi connectivity index (χ0) is 21.8. The number of fused-ring (bicyclic) bond motifs is 2. The highest BCUT2D eigenvalue weighted by molar-refractivity contribution is 6.05. The van der Waals surface area contributed by atoms with E-state index in [1.54, 1.807) is 6.07 Å². The van der Waals surface area contributed by atoms with Gasteiger partial charge in [0.25, 0.3) is 5.91 Å². The minimum Gasteiger partial charge on any atom is -0.438 e. The van der Waals surface area contributed by atoms with E-state index in [2.05, 4.69) is 10.2 Å². The van der Waals surface area contributed by atoms with Gasteiger partial charge in [0.05, 0.1) is 5.56 Å². The van der Waals surface area contributed by atoms with Gasteiger partial charge in [-0.1, -0.05) is 0 Å². The van der Waals surface area contributed by atoms with E-state index in [4.69, 9.17) is 9.83 Å². The fourth-order valence-corrected chi connectivity index (χ4v) is 4.57. The molecule has 0 spiro atoms. The van der Waals surface area contributed by atoms with E-state index in [1.807, 2.05) is 6.07 Å². The first-order valence-electron chi connectivity index (χ1n) is 10.2. The summed E-state index contributed by atoms with van der Waals surface area (Å²) >= 11 is 0. The second kappa shape index (κ2) is 7.14. The summed E-state index contributed by atoms with van der Waals surface area (Å²) in [7, 11) is 0. The maximum atomic E-state index is 12.7. The highest BCUT2D eigenvalue weighted by atomic mass is 19.4. The molecule has 31 heavy (non-hydrogen) atoms. The average Bonchev–Trinajstić information content (AvgIpc) is 2.74. The molecule has 1 amide bonds. The molecule has 0 bridgehead atoms. The molecule has 5 nitrogen and oxygen atoms in total. The fourth-order valence-electron chi connectivity index (χ4n) is 4.57. The van der Waals surface area contributed by atoms with Gasteiger partial charge < -0.3 is 14.6 Å². The number of halogens is 3. The molecule has 2 N–H and O–H groups in total. The van der Waals surface area contributed by atoms with Gasteiger partial charge in [-0.2, -0.15) is 13.2 Å². The van der Waals surface area contributed by atoms with Gasteiger partial charge in [0.15, 0.2) is 0 Å². The molecule has 0 fully saturated rings. The number of nitrogens with one attached hydrogen (secondary N) is 2. The van der Waals surface area contributed by atoms with E-state index in [-0.39, 0.29) is 16.8 Å². The minimum atomic E-state index is -4.44. The van der Waals surface area contributed by atoms with Gasteiger partial charge in [-0.15, -0.1) is 0 Å². The maximum Gasteiger partial charge on any atom is 0.416 e. The monoisotopic (exact) mass is 427 g/mol. The van der Waals surface area contributed by atoms with Gasteiger partial charge in [-0.3, -0.25) is 10.2 Å². The smallest absolute Gasteiger partial charge is 0.416 e. The van der Waals surface area contributed by atoms with Crippen molar-refractivity contribution in [2.75, 3.05) is 23.3 Å². The van der Waals surface area contributed by atoms with Crippen LogP contribution >= 0.6 is 0 Å². The summed E-state index contributed by atoms with van der Waals surface area (Å²) in [6, 6.07) is 7.87. The Kier molecular flexibility index (Phi) is 4.53. The number of aryl methyl sites for hydroxylation is 2. The Hall–Kier alpha value is -3.29. The topological polar surface area (TPSA) is 69.3 Å². The van der Waals surface area contributed by atoms with Crippen LogP contribution in [0.1, 0.15) is 39.9 Å². The maximum absolute atomic E-state index is 12.7. The van der Waals surface area contributed by atoms with E-state index in [0.29, 0.717) is 5.58 Å². The van der Waals surface area contributed by atoms with Crippen molar-refractivity contribution in [3.63, 3.8) is 0 Å². The molecule has 3 aromatic rings. The summed E-state index contributed by atoms with van der Waals surface area (Å²) in [5.74, 6) is -0.594. The van der Waals surface area contributed by atoms with Crippen molar-refractivity contribution in [2.45, 2.75) is 31.9 Å². The van der Waals surface area contributed by atoms with Gasteiger partial charge in [0.1, 0.15) is 11.1 Å². The molecule has 3 heterocycles. The normalized spacial score (nSPS) is 15.6. The first-order chi connectivity index (χ1) is 14.8. The minimum absolute atomic E-state index is 0.0445. The molecule has 2 aliphatic rings. The summed E-state index contributed by atoms with van der Waals surface area (Å²) in [6.07, 6.45) is -0.513. The Morgan fingerprint density at radius 1 is 1.06 bits per heavy atom. The van der Waals surface area contributed by atoms with Crippen LogP contribution < -0.4 is 15.8 Å². The highest BCUT2D eigenvalue weighted by Crippen LogP contribution is 2.39. The van der Waals surface area contributed by atoms with Crippen LogP contribution in [-0.2, 0) is 19.0 Å². The van der Waals surface area contributed by atoms with Crippen LogP contribution in [0.25, 0.3) is 11.0 Å². The van der Waals surface area contributed by atoms with Crippen molar-refractivity contribution in [1.29, 1.82) is 5.41 Å². The Morgan fingerprint density at radius 3 is 2.48 bits per heavy atom. The number of alkyl halides is 3. The third kappa shape index (κ3) is 3.45. The Balaban J connectivity index is 1.50. The predicted molar refractivity (Wildman–Crippen MR) is 110 cm³/mol. The van der Waals surface area contributed by atoms with Gasteiger partial charge in [-0.25, -0.2) is 0 Å². The molecule has 0 atom stereocenters. The SMILES string of the molecule is N=c1oc2c3c4c(cc2cc1C(=O)Nc1ccc(C(F)(F)F)cc1)CCCN4CCC3. The fraction of sp³-hybridized carbons (Fsp3) is 0.304. The van der Waals surface area contributed by atoms with Gasteiger partial charge >= 0.3 is 6.18 Å². The molecule has 0 saturated carbocycles. The standard InChI is InChI=1S/C23H20F3N3O2/c24-23(25,26)15-5-7-16(8-6-15)28-22(30)18-12-14-11-13-3-1-9-29-10-2-4-17(19(13)29)20(14)31-21(18)27/h5-8,11-12,27H,1-4,9-10H2,(H,28,30). The number of hydrogen-bond donors (Lipinski definition) is 2. The van der Waals surface area contributed by atoms with E-state index >= 15 is 0 Å². The van der Waals surface area contributed by atoms with Gasteiger partial charge in [0, 0.05) is 35.4 Å². The van der Waals surface area contributed by atoms with Crippen LogP contribution in [0, 0.1) is 5.41 Å². The van der Waals surface area contributed by atoms with Crippen LogP contribution in [0.2, 0.25) is 0 Å². The van der Waals surface area contributed by atoms with E-state index in [0.717, 1.165) is 61.9 Å². The molecule has 8 heteroatoms. The average molecular weight is 427 g/mol. The number of hydrogen-bond acceptors (Lipinski definition) is 4. The summed E-state index contributed by atoms with van der Waals surface area (Å²) in [5.41, 5.74) is 3.39. The lowest BCUT2D eigenvalue weighted by molar-refractivity contribution is -0.137. The number of nitrogens with zero attached hydrogens (tertiary/aromatic N) is 1. The number of carbonyl (C=O) groups excluding carboxylic acids is 1. The molecule has 160 valence electrons. The van der Waals surface area contributed by atoms with Crippen molar-refractivity contribution in [2.24, 2.45) is 0 Å². The largest absolute Gasteiger partial charge is 0.438 e. The summed E-state index contributed by atoms with van der Waals surface area (Å²) < 4.78 is 44.0. The molecule has 2 aromatic carbocycles. The lowest BCUT2D eigenvalue weighted by Gasteiger charge is -2.37. The number of amides is 1. The second-order valence-electron chi connectivity index (χ2n) is 7.99. The van der Waals surface area contributed by atoms with Gasteiger partial charge in [-0.05, 0) is 67.6 Å². The van der Waals surface area contributed by atoms with Gasteiger partial charge in [0.2, 0.25) is 5.55 Å². The third-order valence-corrected chi connectivity index (χ3v) is 5.96. The predicted octanol–water partition coefficient (Wildman–Crippen LogP) is 4.88. The zero-order valence-electron chi connectivity index (χ0n) is 16.6. The Bertz CT molecular complexity index is 1240. The second-order valence-corrected chi connectivity index (χ2v) is 7.99. The molecule has 0 unspecified atom stereocenters. The number of anilines is 2. The Labute approximate surface area is 176 Å². The van der Waals surface area contributed by atoms with Crippen LogP contribution in [0.5, 0.6) is 0 Å². The van der Waals surface area contributed by atoms with E-state index < -0.39 is 17.6 Å². The molecule has 0 saturated heterocycles. The first-order valence-corrected chi connectivity index (χ1v) is 10.2. The summed E-state index contributed by atoms with van der Waals surface area (Å²) in [5, 5.41) is 11.6. The zero-order valence-corrected chi connectivity index (χ0v) is 16.6. The number of carbonyl (C=O) groups is 1. The van der Waals surface area contributed by atoms with Crippen molar-refractivity contribution < 1.29 is 22.4 Å². The third-order valence-electron chi connectivity index (χ3n) is 5.96. The molecule has 2 aliphatic heterocycles. The van der Waals surface area contributed by atoms with Crippen LogP contribution in [0.15, 0.2) is 40.8 Å². The molecule has 5 rings (SSSR count). The molecule has 0 aliphatic carbocycles. The van der Waals surface area contributed by atoms with Crippen molar-refractivity contribution >= 4 is 28.3 Å². The molecule has 0 radical (unpaired) electrons. The van der Waals surface area contributed by atoms with Crippen molar-refractivity contribution in [3.05, 3.63) is 64.2 Å². The first kappa shape index (κ1) is 19.7. The quantitative estimate of drug-likeness (QED) is 0.612. The van der Waals surface area contributed by atoms with Crippen LogP contribution in [-0.4, -0.2) is 19.0 Å². The summed E-state index contributed by atoms with van der Waals surface area (Å²) in [6.45, 7) is 2.04. The van der Waals surface area contributed by atoms with E-state index in [1.165, 1.54) is 23.4 Å². The van der Waals surface area contributed by atoms with Crippen LogP contribution in [0.4, 0.5) is 24.5 Å². The molecular weight excluding hydrogens is 407 g/mol. The van der Waals surface area contributed by atoms with Crippen LogP contribution in [0.3, 0.4) is 0 Å².